The van der Waals surface area contributed by atoms with Crippen LogP contribution in [-0.4, -0.2) is 62.9 Å². The van der Waals surface area contributed by atoms with Gasteiger partial charge in [-0.3, -0.25) is 4.79 Å². The van der Waals surface area contributed by atoms with E-state index in [1.54, 1.807) is 0 Å². The van der Waals surface area contributed by atoms with Gasteiger partial charge in [0, 0.05) is 26.2 Å². The minimum absolute atomic E-state index is 0.127. The highest BCUT2D eigenvalue weighted by atomic mass is 16.5. The van der Waals surface area contributed by atoms with Gasteiger partial charge in [-0.25, -0.2) is 0 Å². The minimum atomic E-state index is -0.355. The number of hydrogen-bond donors (Lipinski definition) is 1. The van der Waals surface area contributed by atoms with E-state index in [4.69, 9.17) is 9.47 Å². The third-order valence-electron chi connectivity index (χ3n) is 4.62. The van der Waals surface area contributed by atoms with Crippen molar-refractivity contribution in [1.29, 1.82) is 0 Å². The van der Waals surface area contributed by atoms with Crippen molar-refractivity contribution in [3.63, 3.8) is 0 Å². The summed E-state index contributed by atoms with van der Waals surface area (Å²) in [6, 6.07) is 0. The molecule has 0 radical (unpaired) electrons. The van der Waals surface area contributed by atoms with Gasteiger partial charge in [-0.1, -0.05) is 0 Å². The Balaban J connectivity index is 1.70. The van der Waals surface area contributed by atoms with Crippen molar-refractivity contribution >= 4 is 5.91 Å². The number of nitrogens with zero attached hydrogens (tertiary/aromatic N) is 1. The number of carbonyl (C=O) groups is 1. The molecule has 1 unspecified atom stereocenters. The number of piperidine rings is 1. The van der Waals surface area contributed by atoms with Crippen molar-refractivity contribution in [3.05, 3.63) is 0 Å². The summed E-state index contributed by atoms with van der Waals surface area (Å²) in [5.74, 6) is 0.127. The van der Waals surface area contributed by atoms with E-state index in [1.165, 1.54) is 6.42 Å². The average molecular weight is 284 g/mol. The maximum Gasteiger partial charge on any atom is 0.251 e. The second-order valence-electron chi connectivity index (χ2n) is 5.96. The molecule has 0 saturated carbocycles. The molecule has 2 rings (SSSR count). The van der Waals surface area contributed by atoms with Crippen molar-refractivity contribution < 1.29 is 14.3 Å². The summed E-state index contributed by atoms with van der Waals surface area (Å²) in [6.07, 6.45) is 3.15. The van der Waals surface area contributed by atoms with E-state index in [0.29, 0.717) is 25.2 Å². The Morgan fingerprint density at radius 1 is 1.30 bits per heavy atom. The van der Waals surface area contributed by atoms with Crippen molar-refractivity contribution in [1.82, 2.24) is 10.2 Å². The third kappa shape index (κ3) is 3.93. The number of nitrogens with one attached hydrogen (secondary N) is 1. The Kier molecular flexibility index (Phi) is 5.81. The second kappa shape index (κ2) is 7.38. The lowest BCUT2D eigenvalue weighted by Gasteiger charge is -2.39. The summed E-state index contributed by atoms with van der Waals surface area (Å²) in [4.78, 5) is 14.3. The molecule has 5 heteroatoms. The molecule has 2 aliphatic heterocycles. The molecule has 0 bridgehead atoms. The lowest BCUT2D eigenvalue weighted by atomic mass is 9.78. The number of amides is 1. The van der Waals surface area contributed by atoms with E-state index in [0.717, 1.165) is 39.0 Å². The first kappa shape index (κ1) is 15.7. The van der Waals surface area contributed by atoms with E-state index in [2.05, 4.69) is 5.32 Å². The number of hydrogen-bond acceptors (Lipinski definition) is 4. The summed E-state index contributed by atoms with van der Waals surface area (Å²) >= 11 is 0. The molecule has 1 atom stereocenters. The van der Waals surface area contributed by atoms with Gasteiger partial charge in [0.25, 0.3) is 5.91 Å². The van der Waals surface area contributed by atoms with E-state index in [-0.39, 0.29) is 12.0 Å². The fourth-order valence-corrected chi connectivity index (χ4v) is 3.18. The molecule has 116 valence electrons. The molecule has 2 aliphatic rings. The molecule has 1 N–H and O–H groups in total. The minimum Gasteiger partial charge on any atom is -0.379 e. The second-order valence-corrected chi connectivity index (χ2v) is 5.96. The number of likely N-dealkylation sites (tertiary alicyclic amines) is 1. The van der Waals surface area contributed by atoms with Crippen molar-refractivity contribution in [3.8, 4) is 0 Å². The highest BCUT2D eigenvalue weighted by Gasteiger charge is 2.38. The Morgan fingerprint density at radius 2 is 2.05 bits per heavy atom. The number of ether oxygens (including phenoxy) is 2. The van der Waals surface area contributed by atoms with Crippen LogP contribution < -0.4 is 5.32 Å². The summed E-state index contributed by atoms with van der Waals surface area (Å²) in [5.41, 5.74) is 0.454. The summed E-state index contributed by atoms with van der Waals surface area (Å²) in [5, 5.41) is 3.45. The van der Waals surface area contributed by atoms with Crippen LogP contribution in [0.4, 0.5) is 0 Å². The summed E-state index contributed by atoms with van der Waals surface area (Å²) < 4.78 is 10.8. The third-order valence-corrected chi connectivity index (χ3v) is 4.62. The first-order chi connectivity index (χ1) is 9.67. The topological polar surface area (TPSA) is 50.8 Å². The summed E-state index contributed by atoms with van der Waals surface area (Å²) in [7, 11) is 0. The molecule has 2 fully saturated rings. The lowest BCUT2D eigenvalue weighted by Crippen LogP contribution is -2.47. The highest BCUT2D eigenvalue weighted by Crippen LogP contribution is 2.36. The van der Waals surface area contributed by atoms with Gasteiger partial charge in [0.1, 0.15) is 6.10 Å². The maximum absolute atomic E-state index is 12.3. The first-order valence-electron chi connectivity index (χ1n) is 7.86. The molecule has 20 heavy (non-hydrogen) atoms. The van der Waals surface area contributed by atoms with Crippen LogP contribution in [-0.2, 0) is 14.3 Å². The Morgan fingerprint density at radius 3 is 2.65 bits per heavy atom. The molecular formula is C15H28N2O3. The molecule has 2 heterocycles. The van der Waals surface area contributed by atoms with Gasteiger partial charge in [0.2, 0.25) is 0 Å². The number of carbonyl (C=O) groups excluding carboxylic acids is 1. The van der Waals surface area contributed by atoms with Gasteiger partial charge in [-0.05, 0) is 45.1 Å². The molecule has 1 spiro atoms. The zero-order chi connectivity index (χ0) is 14.4. The van der Waals surface area contributed by atoms with Gasteiger partial charge in [0.05, 0.1) is 13.2 Å². The van der Waals surface area contributed by atoms with Gasteiger partial charge in [0.15, 0.2) is 0 Å². The quantitative estimate of drug-likeness (QED) is 0.740. The SMILES string of the molecule is CCOCCOC(C)C(=O)N1CCC2(CCNC2)CC1. The predicted molar refractivity (Wildman–Crippen MR) is 77.6 cm³/mol. The molecule has 0 aliphatic carbocycles. The van der Waals surface area contributed by atoms with Gasteiger partial charge in [-0.15, -0.1) is 0 Å². The van der Waals surface area contributed by atoms with Crippen LogP contribution in [0.5, 0.6) is 0 Å². The van der Waals surface area contributed by atoms with Crippen LogP contribution in [0.3, 0.4) is 0 Å². The van der Waals surface area contributed by atoms with Crippen molar-refractivity contribution in [2.45, 2.75) is 39.2 Å². The zero-order valence-electron chi connectivity index (χ0n) is 12.8. The lowest BCUT2D eigenvalue weighted by molar-refractivity contribution is -0.145. The van der Waals surface area contributed by atoms with E-state index in [9.17, 15) is 4.79 Å². The average Bonchev–Trinajstić information content (AvgIpc) is 2.92. The van der Waals surface area contributed by atoms with Crippen molar-refractivity contribution in [2.75, 3.05) is 46.0 Å². The first-order valence-corrected chi connectivity index (χ1v) is 7.86. The van der Waals surface area contributed by atoms with Crippen LogP contribution >= 0.6 is 0 Å². The zero-order valence-corrected chi connectivity index (χ0v) is 12.8. The van der Waals surface area contributed by atoms with Gasteiger partial charge in [-0.2, -0.15) is 0 Å². The Hall–Kier alpha value is -0.650. The van der Waals surface area contributed by atoms with Crippen LogP contribution in [0, 0.1) is 5.41 Å². The van der Waals surface area contributed by atoms with Crippen molar-refractivity contribution in [2.24, 2.45) is 5.41 Å². The van der Waals surface area contributed by atoms with Crippen LogP contribution in [0.15, 0.2) is 0 Å². The molecule has 1 amide bonds. The Labute approximate surface area is 122 Å². The monoisotopic (exact) mass is 284 g/mol. The standard InChI is InChI=1S/C15H28N2O3/c1-3-19-10-11-20-13(2)14(18)17-8-5-15(6-9-17)4-7-16-12-15/h13,16H,3-12H2,1-2H3. The fraction of sp³-hybridized carbons (Fsp3) is 0.933. The molecule has 0 aromatic carbocycles. The highest BCUT2D eigenvalue weighted by molar-refractivity contribution is 5.80. The van der Waals surface area contributed by atoms with Crippen LogP contribution in [0.1, 0.15) is 33.1 Å². The molecule has 0 aromatic heterocycles. The normalized spacial score (nSPS) is 23.2. The number of rotatable bonds is 6. The molecule has 2 saturated heterocycles. The maximum atomic E-state index is 12.3. The Bertz CT molecular complexity index is 306. The largest absolute Gasteiger partial charge is 0.379 e. The molecule has 5 nitrogen and oxygen atoms in total. The van der Waals surface area contributed by atoms with Gasteiger partial charge < -0.3 is 19.7 Å². The van der Waals surface area contributed by atoms with Gasteiger partial charge >= 0.3 is 0 Å². The van der Waals surface area contributed by atoms with E-state index in [1.807, 2.05) is 18.7 Å². The summed E-state index contributed by atoms with van der Waals surface area (Å²) in [6.45, 7) is 9.53. The van der Waals surface area contributed by atoms with Crippen LogP contribution in [0.2, 0.25) is 0 Å². The van der Waals surface area contributed by atoms with E-state index < -0.39 is 0 Å². The predicted octanol–water partition coefficient (Wildman–Crippen LogP) is 1.03. The fourth-order valence-electron chi connectivity index (χ4n) is 3.18. The molecule has 0 aromatic rings. The van der Waals surface area contributed by atoms with Crippen LogP contribution in [0.25, 0.3) is 0 Å². The van der Waals surface area contributed by atoms with E-state index >= 15 is 0 Å². The smallest absolute Gasteiger partial charge is 0.251 e. The molecular weight excluding hydrogens is 256 g/mol.